The number of rotatable bonds is 7. The number of sulfonamides is 1. The Kier molecular flexibility index (Phi) is 7.27. The van der Waals surface area contributed by atoms with Gasteiger partial charge in [-0.2, -0.15) is 9.41 Å². The molecule has 4 heterocycles. The third-order valence-electron chi connectivity index (χ3n) is 6.64. The first-order chi connectivity index (χ1) is 17.8. The van der Waals surface area contributed by atoms with Crippen LogP contribution < -0.4 is 0 Å². The largest absolute Gasteiger partial charge is 0.467 e. The molecular weight excluding hydrogens is 514 g/mol. The van der Waals surface area contributed by atoms with Gasteiger partial charge in [0, 0.05) is 19.5 Å². The van der Waals surface area contributed by atoms with Gasteiger partial charge < -0.3 is 9.15 Å². The van der Waals surface area contributed by atoms with Gasteiger partial charge >= 0.3 is 5.97 Å². The summed E-state index contributed by atoms with van der Waals surface area (Å²) < 4.78 is 38.0. The van der Waals surface area contributed by atoms with Gasteiger partial charge in [0.15, 0.2) is 6.61 Å². The molecule has 1 aromatic carbocycles. The fraction of sp³-hybridized carbons (Fsp3) is 0.346. The predicted octanol–water partition coefficient (Wildman–Crippen LogP) is 3.97. The van der Waals surface area contributed by atoms with Crippen molar-refractivity contribution in [1.29, 1.82) is 0 Å². The molecule has 194 valence electrons. The van der Waals surface area contributed by atoms with Crippen LogP contribution in [0, 0.1) is 12.8 Å². The van der Waals surface area contributed by atoms with Gasteiger partial charge in [-0.1, -0.05) is 35.9 Å². The number of aryl methyl sites for hydroxylation is 1. The van der Waals surface area contributed by atoms with Crippen molar-refractivity contribution in [2.45, 2.75) is 36.4 Å². The quantitative estimate of drug-likeness (QED) is 0.419. The molecule has 2 aliphatic heterocycles. The SMILES string of the molecule is Cc1ccc(C2=NN(C(=O)COC(=O)C3CCN(S(=O)(=O)c4cccs4)CC3)[C@H](c3ccco3)C2)cc1. The Morgan fingerprint density at radius 2 is 1.86 bits per heavy atom. The summed E-state index contributed by atoms with van der Waals surface area (Å²) in [6.07, 6.45) is 2.71. The van der Waals surface area contributed by atoms with Crippen LogP contribution >= 0.6 is 11.3 Å². The van der Waals surface area contributed by atoms with Gasteiger partial charge in [0.05, 0.1) is 17.9 Å². The average molecular weight is 542 g/mol. The smallest absolute Gasteiger partial charge is 0.309 e. The Morgan fingerprint density at radius 1 is 1.11 bits per heavy atom. The molecular formula is C26H27N3O6S2. The highest BCUT2D eigenvalue weighted by Crippen LogP contribution is 2.33. The van der Waals surface area contributed by atoms with Crippen LogP contribution in [0.2, 0.25) is 0 Å². The zero-order valence-corrected chi connectivity index (χ0v) is 21.9. The number of ether oxygens (including phenoxy) is 1. The molecule has 1 atom stereocenters. The topological polar surface area (TPSA) is 109 Å². The van der Waals surface area contributed by atoms with Crippen molar-refractivity contribution < 1.29 is 27.2 Å². The predicted molar refractivity (Wildman–Crippen MR) is 137 cm³/mol. The summed E-state index contributed by atoms with van der Waals surface area (Å²) in [5.74, 6) is -0.814. The third kappa shape index (κ3) is 5.39. The maximum absolute atomic E-state index is 13.1. The minimum Gasteiger partial charge on any atom is -0.467 e. The van der Waals surface area contributed by atoms with Gasteiger partial charge in [0.2, 0.25) is 0 Å². The summed E-state index contributed by atoms with van der Waals surface area (Å²) in [5.41, 5.74) is 2.79. The van der Waals surface area contributed by atoms with Gasteiger partial charge in [-0.15, -0.1) is 11.3 Å². The molecule has 0 radical (unpaired) electrons. The molecule has 0 unspecified atom stereocenters. The lowest BCUT2D eigenvalue weighted by Crippen LogP contribution is -2.41. The van der Waals surface area contributed by atoms with Crippen LogP contribution in [0.5, 0.6) is 0 Å². The third-order valence-corrected chi connectivity index (χ3v) is 9.91. The second-order valence-electron chi connectivity index (χ2n) is 9.10. The molecule has 5 rings (SSSR count). The van der Waals surface area contributed by atoms with Gasteiger partial charge in [-0.3, -0.25) is 9.59 Å². The summed E-state index contributed by atoms with van der Waals surface area (Å²) in [6.45, 7) is 2.01. The summed E-state index contributed by atoms with van der Waals surface area (Å²) in [6, 6.07) is 14.3. The summed E-state index contributed by atoms with van der Waals surface area (Å²) in [7, 11) is -3.55. The van der Waals surface area contributed by atoms with Gasteiger partial charge in [-0.05, 0) is 48.9 Å². The number of benzene rings is 1. The van der Waals surface area contributed by atoms with Crippen LogP contribution in [-0.4, -0.2) is 55.0 Å². The number of nitrogens with zero attached hydrogens (tertiary/aromatic N) is 3. The summed E-state index contributed by atoms with van der Waals surface area (Å²) in [5, 5.41) is 7.61. The van der Waals surface area contributed by atoms with E-state index in [0.717, 1.165) is 16.8 Å². The first-order valence-corrected chi connectivity index (χ1v) is 14.3. The second-order valence-corrected chi connectivity index (χ2v) is 12.2. The van der Waals surface area contributed by atoms with Crippen molar-refractivity contribution in [1.82, 2.24) is 9.31 Å². The fourth-order valence-corrected chi connectivity index (χ4v) is 7.16. The van der Waals surface area contributed by atoms with E-state index in [1.165, 1.54) is 20.7 Å². The zero-order valence-electron chi connectivity index (χ0n) is 20.3. The number of furan rings is 1. The lowest BCUT2D eigenvalue weighted by atomic mass is 9.98. The number of thiophene rings is 1. The monoisotopic (exact) mass is 541 g/mol. The molecule has 0 N–H and O–H groups in total. The summed E-state index contributed by atoms with van der Waals surface area (Å²) in [4.78, 5) is 25.8. The summed E-state index contributed by atoms with van der Waals surface area (Å²) >= 11 is 1.17. The van der Waals surface area contributed by atoms with E-state index in [9.17, 15) is 18.0 Å². The number of carbonyl (C=O) groups excluding carboxylic acids is 2. The Balaban J connectivity index is 1.20. The minimum absolute atomic E-state index is 0.227. The van der Waals surface area contributed by atoms with Gasteiger partial charge in [0.1, 0.15) is 16.0 Å². The first-order valence-electron chi connectivity index (χ1n) is 12.0. The van der Waals surface area contributed by atoms with Crippen LogP contribution in [0.3, 0.4) is 0 Å². The van der Waals surface area contributed by atoms with Crippen molar-refractivity contribution >= 4 is 38.9 Å². The van der Waals surface area contributed by atoms with Crippen LogP contribution in [0.25, 0.3) is 0 Å². The number of hydrogen-bond acceptors (Lipinski definition) is 8. The Morgan fingerprint density at radius 3 is 2.51 bits per heavy atom. The molecule has 3 aromatic rings. The Labute approximate surface area is 219 Å². The number of hydrogen-bond donors (Lipinski definition) is 0. The Bertz CT molecular complexity index is 1370. The van der Waals surface area contributed by atoms with Crippen LogP contribution in [-0.2, 0) is 24.3 Å². The highest BCUT2D eigenvalue weighted by atomic mass is 32.2. The van der Waals surface area contributed by atoms with Crippen molar-refractivity contribution in [3.63, 3.8) is 0 Å². The second kappa shape index (κ2) is 10.6. The molecule has 1 fully saturated rings. The van der Waals surface area contributed by atoms with E-state index in [2.05, 4.69) is 5.10 Å². The average Bonchev–Trinajstić information content (AvgIpc) is 3.69. The molecule has 0 spiro atoms. The van der Waals surface area contributed by atoms with Crippen molar-refractivity contribution in [2.75, 3.05) is 19.7 Å². The van der Waals surface area contributed by atoms with E-state index in [1.807, 2.05) is 31.2 Å². The number of piperidine rings is 1. The number of hydrazone groups is 1. The van der Waals surface area contributed by atoms with Crippen molar-refractivity contribution in [3.8, 4) is 0 Å². The van der Waals surface area contributed by atoms with Crippen LogP contribution in [0.4, 0.5) is 0 Å². The van der Waals surface area contributed by atoms with Crippen LogP contribution in [0.15, 0.2) is 73.9 Å². The lowest BCUT2D eigenvalue weighted by Gasteiger charge is -2.29. The molecule has 1 saturated heterocycles. The van der Waals surface area contributed by atoms with E-state index >= 15 is 0 Å². The molecule has 2 aliphatic rings. The van der Waals surface area contributed by atoms with Gasteiger partial charge in [-0.25, -0.2) is 13.4 Å². The number of esters is 1. The molecule has 0 saturated carbocycles. The number of carbonyl (C=O) groups is 2. The van der Waals surface area contributed by atoms with E-state index < -0.39 is 40.5 Å². The first kappa shape index (κ1) is 25.4. The molecule has 1 amide bonds. The van der Waals surface area contributed by atoms with E-state index in [1.54, 1.807) is 35.9 Å². The molecule has 0 aliphatic carbocycles. The Hall–Kier alpha value is -3.28. The highest BCUT2D eigenvalue weighted by Gasteiger charge is 2.37. The normalized spacial score (nSPS) is 19.1. The van der Waals surface area contributed by atoms with Crippen molar-refractivity contribution in [2.24, 2.45) is 11.0 Å². The molecule has 9 nitrogen and oxygen atoms in total. The maximum Gasteiger partial charge on any atom is 0.309 e. The van der Waals surface area contributed by atoms with E-state index in [0.29, 0.717) is 29.2 Å². The maximum atomic E-state index is 13.1. The molecule has 0 bridgehead atoms. The number of amides is 1. The zero-order chi connectivity index (χ0) is 26.0. The fourth-order valence-electron chi connectivity index (χ4n) is 4.55. The van der Waals surface area contributed by atoms with E-state index in [4.69, 9.17) is 9.15 Å². The lowest BCUT2D eigenvalue weighted by molar-refractivity contribution is -0.157. The molecule has 11 heteroatoms. The van der Waals surface area contributed by atoms with Crippen molar-refractivity contribution in [3.05, 3.63) is 77.1 Å². The molecule has 37 heavy (non-hydrogen) atoms. The minimum atomic E-state index is -3.55. The highest BCUT2D eigenvalue weighted by molar-refractivity contribution is 7.91. The standard InChI is InChI=1S/C26H27N3O6S2/c1-18-6-8-19(9-7-18)21-16-22(23-4-2-14-34-23)29(27-21)24(30)17-35-26(31)20-10-12-28(13-11-20)37(32,33)25-5-3-15-36-25/h2-9,14-15,20,22H,10-13,16-17H2,1H3/t22-/m0/s1. The van der Waals surface area contributed by atoms with Gasteiger partial charge in [0.25, 0.3) is 15.9 Å². The van der Waals surface area contributed by atoms with E-state index in [-0.39, 0.29) is 13.1 Å². The van der Waals surface area contributed by atoms with Crippen LogP contribution in [0.1, 0.15) is 42.2 Å². The molecule has 2 aromatic heterocycles.